The smallest absolute Gasteiger partial charge is 0.138 e. The maximum Gasteiger partial charge on any atom is 0.138 e. The minimum atomic E-state index is 0.788. The zero-order valence-electron chi connectivity index (χ0n) is 6.26. The molecular formula is C7H10N4. The van der Waals surface area contributed by atoms with Crippen molar-refractivity contribution in [3.63, 3.8) is 0 Å². The lowest BCUT2D eigenvalue weighted by Crippen LogP contribution is -2.06. The second-order valence-electron chi connectivity index (χ2n) is 2.42. The second-order valence-corrected chi connectivity index (χ2v) is 2.42. The Balaban J connectivity index is 2.80. The average molecular weight is 150 g/mol. The van der Waals surface area contributed by atoms with Crippen LogP contribution in [0.15, 0.2) is 18.5 Å². The Morgan fingerprint density at radius 1 is 1.64 bits per heavy atom. The lowest BCUT2D eigenvalue weighted by Gasteiger charge is -1.98. The zero-order valence-corrected chi connectivity index (χ0v) is 6.26. The molecule has 2 aromatic rings. The van der Waals surface area contributed by atoms with Crippen LogP contribution in [-0.4, -0.2) is 16.7 Å². The van der Waals surface area contributed by atoms with E-state index >= 15 is 0 Å². The summed E-state index contributed by atoms with van der Waals surface area (Å²) in [7, 11) is 1.85. The number of aromatic amines is 1. The molecule has 0 bridgehead atoms. The number of anilines is 1. The average Bonchev–Trinajstić information content (AvgIpc) is 2.54. The van der Waals surface area contributed by atoms with E-state index in [1.165, 1.54) is 0 Å². The van der Waals surface area contributed by atoms with E-state index < -0.39 is 0 Å². The molecule has 0 aromatic carbocycles. The fourth-order valence-electron chi connectivity index (χ4n) is 1.24. The molecule has 0 fully saturated rings. The van der Waals surface area contributed by atoms with Gasteiger partial charge in [-0.25, -0.2) is 4.68 Å². The van der Waals surface area contributed by atoms with Crippen molar-refractivity contribution >= 4 is 16.7 Å². The van der Waals surface area contributed by atoms with Crippen molar-refractivity contribution < 1.29 is 0 Å². The van der Waals surface area contributed by atoms with Crippen molar-refractivity contribution in [2.24, 2.45) is 0 Å². The molecule has 0 saturated carbocycles. The number of hydrogen-bond acceptors (Lipinski definition) is 2. The van der Waals surface area contributed by atoms with E-state index in [9.17, 15) is 0 Å². The van der Waals surface area contributed by atoms with E-state index in [1.54, 1.807) is 0 Å². The number of nitrogens with one attached hydrogen (secondary N) is 2. The highest BCUT2D eigenvalue weighted by Crippen LogP contribution is 2.20. The molecule has 0 aliphatic rings. The van der Waals surface area contributed by atoms with E-state index in [1.807, 2.05) is 30.2 Å². The predicted molar refractivity (Wildman–Crippen MR) is 46.0 cm³/mol. The molecule has 0 aliphatic carbocycles. The molecule has 4 nitrogen and oxygen atoms in total. The topological polar surface area (TPSA) is 58.8 Å². The number of aromatic nitrogens is 2. The molecule has 58 valence electrons. The summed E-state index contributed by atoms with van der Waals surface area (Å²) in [5.41, 5.74) is 10.5. The zero-order chi connectivity index (χ0) is 7.84. The van der Waals surface area contributed by atoms with Crippen LogP contribution in [0, 0.1) is 0 Å². The van der Waals surface area contributed by atoms with Gasteiger partial charge in [0, 0.05) is 18.6 Å². The molecule has 0 aliphatic heterocycles. The Morgan fingerprint density at radius 2 is 2.45 bits per heavy atom. The second kappa shape index (κ2) is 1.95. The molecule has 2 heterocycles. The molecule has 11 heavy (non-hydrogen) atoms. The van der Waals surface area contributed by atoms with E-state index in [4.69, 9.17) is 5.73 Å². The Bertz CT molecular complexity index is 371. The summed E-state index contributed by atoms with van der Waals surface area (Å²) in [5, 5.41) is 1.05. The van der Waals surface area contributed by atoms with Crippen LogP contribution in [-0.2, 0) is 0 Å². The maximum atomic E-state index is 5.72. The Labute approximate surface area is 64.0 Å². The Hall–Kier alpha value is -1.58. The highest BCUT2D eigenvalue weighted by atomic mass is 15.4. The van der Waals surface area contributed by atoms with Gasteiger partial charge in [0.15, 0.2) is 0 Å². The van der Waals surface area contributed by atoms with Gasteiger partial charge in [-0.15, -0.1) is 0 Å². The van der Waals surface area contributed by atoms with E-state index in [0.29, 0.717) is 0 Å². The number of nitrogen functional groups attached to an aromatic ring is 1. The minimum absolute atomic E-state index is 0.788. The van der Waals surface area contributed by atoms with Gasteiger partial charge in [-0.1, -0.05) is 0 Å². The Kier molecular flexibility index (Phi) is 1.09. The fraction of sp³-hybridized carbons (Fsp3) is 0.143. The van der Waals surface area contributed by atoms with Crippen molar-refractivity contribution in [2.45, 2.75) is 0 Å². The monoisotopic (exact) mass is 150 g/mol. The molecule has 4 N–H and O–H groups in total. The van der Waals surface area contributed by atoms with Crippen molar-refractivity contribution in [1.82, 2.24) is 9.66 Å². The summed E-state index contributed by atoms with van der Waals surface area (Å²) in [5.74, 6) is 0. The summed E-state index contributed by atoms with van der Waals surface area (Å²) in [6.07, 6.45) is 3.72. The van der Waals surface area contributed by atoms with Gasteiger partial charge in [-0.05, 0) is 6.07 Å². The van der Waals surface area contributed by atoms with Crippen molar-refractivity contribution in [3.8, 4) is 0 Å². The van der Waals surface area contributed by atoms with Gasteiger partial charge >= 0.3 is 0 Å². The van der Waals surface area contributed by atoms with Crippen LogP contribution in [0.2, 0.25) is 0 Å². The third-order valence-corrected chi connectivity index (χ3v) is 1.79. The normalized spacial score (nSPS) is 10.6. The van der Waals surface area contributed by atoms with Crippen LogP contribution in [0.25, 0.3) is 11.0 Å². The highest BCUT2D eigenvalue weighted by molar-refractivity contribution is 5.89. The SMILES string of the molecule is CNn1cc(N)c2cc[nH]c21. The molecule has 0 radical (unpaired) electrons. The van der Waals surface area contributed by atoms with Crippen LogP contribution < -0.4 is 11.2 Å². The minimum Gasteiger partial charge on any atom is -0.397 e. The molecule has 0 atom stereocenters. The van der Waals surface area contributed by atoms with E-state index in [0.717, 1.165) is 16.7 Å². The fourth-order valence-corrected chi connectivity index (χ4v) is 1.24. The number of nitrogens with two attached hydrogens (primary N) is 1. The first-order valence-electron chi connectivity index (χ1n) is 3.44. The van der Waals surface area contributed by atoms with Crippen molar-refractivity contribution in [2.75, 3.05) is 18.2 Å². The largest absolute Gasteiger partial charge is 0.397 e. The third-order valence-electron chi connectivity index (χ3n) is 1.79. The first-order valence-corrected chi connectivity index (χ1v) is 3.44. The number of fused-ring (bicyclic) bond motifs is 1. The summed E-state index contributed by atoms with van der Waals surface area (Å²) in [6.45, 7) is 0. The van der Waals surface area contributed by atoms with Crippen LogP contribution >= 0.6 is 0 Å². The molecular weight excluding hydrogens is 140 g/mol. The lowest BCUT2D eigenvalue weighted by atomic mass is 10.4. The van der Waals surface area contributed by atoms with Crippen molar-refractivity contribution in [1.29, 1.82) is 0 Å². The Morgan fingerprint density at radius 3 is 3.18 bits per heavy atom. The summed E-state index contributed by atoms with van der Waals surface area (Å²) < 4.78 is 1.85. The molecule has 0 saturated heterocycles. The van der Waals surface area contributed by atoms with Gasteiger partial charge in [0.05, 0.1) is 11.9 Å². The summed E-state index contributed by atoms with van der Waals surface area (Å²) >= 11 is 0. The third kappa shape index (κ3) is 0.690. The van der Waals surface area contributed by atoms with Gasteiger partial charge in [-0.3, -0.25) is 0 Å². The van der Waals surface area contributed by atoms with Gasteiger partial charge in [0.1, 0.15) is 5.65 Å². The van der Waals surface area contributed by atoms with E-state index in [-0.39, 0.29) is 0 Å². The van der Waals surface area contributed by atoms with Gasteiger partial charge in [0.2, 0.25) is 0 Å². The van der Waals surface area contributed by atoms with Gasteiger partial charge < -0.3 is 16.1 Å². The summed E-state index contributed by atoms with van der Waals surface area (Å²) in [4.78, 5) is 3.08. The first-order chi connectivity index (χ1) is 5.33. The summed E-state index contributed by atoms with van der Waals surface area (Å²) in [6, 6.07) is 1.96. The van der Waals surface area contributed by atoms with Crippen LogP contribution in [0.3, 0.4) is 0 Å². The van der Waals surface area contributed by atoms with Crippen molar-refractivity contribution in [3.05, 3.63) is 18.5 Å². The lowest BCUT2D eigenvalue weighted by molar-refractivity contribution is 0.960. The van der Waals surface area contributed by atoms with Crippen LogP contribution in [0.5, 0.6) is 0 Å². The predicted octanol–water partition coefficient (Wildman–Crippen LogP) is 0.725. The number of rotatable bonds is 1. The van der Waals surface area contributed by atoms with Crippen LogP contribution in [0.1, 0.15) is 0 Å². The molecule has 0 unspecified atom stereocenters. The number of H-pyrrole nitrogens is 1. The van der Waals surface area contributed by atoms with Gasteiger partial charge in [0.25, 0.3) is 0 Å². The molecule has 0 amide bonds. The van der Waals surface area contributed by atoms with Gasteiger partial charge in [-0.2, -0.15) is 0 Å². The van der Waals surface area contributed by atoms with Crippen LogP contribution in [0.4, 0.5) is 5.69 Å². The number of hydrogen-bond donors (Lipinski definition) is 3. The van der Waals surface area contributed by atoms with E-state index in [2.05, 4.69) is 10.4 Å². The maximum absolute atomic E-state index is 5.72. The highest BCUT2D eigenvalue weighted by Gasteiger charge is 2.03. The molecule has 0 spiro atoms. The quantitative estimate of drug-likeness (QED) is 0.561. The number of nitrogens with zero attached hydrogens (tertiary/aromatic N) is 1. The molecule has 4 heteroatoms. The first kappa shape index (κ1) is 6.15. The molecule has 2 rings (SSSR count). The molecule has 2 aromatic heterocycles. The standard InChI is InChI=1S/C7H10N4/c1-9-11-4-6(8)5-2-3-10-7(5)11/h2-4,9-10H,8H2,1H3.